The van der Waals surface area contributed by atoms with Gasteiger partial charge < -0.3 is 15.6 Å². The third kappa shape index (κ3) is 4.91. The van der Waals surface area contributed by atoms with Crippen molar-refractivity contribution in [2.45, 2.75) is 18.9 Å². The molecule has 88 valence electrons. The molecule has 1 rings (SSSR count). The monoisotopic (exact) mass is 223 g/mol. The Hall–Kier alpha value is -1.39. The van der Waals surface area contributed by atoms with E-state index in [2.05, 4.69) is 12.1 Å². The van der Waals surface area contributed by atoms with E-state index in [0.29, 0.717) is 6.61 Å². The van der Waals surface area contributed by atoms with Crippen molar-refractivity contribution in [1.82, 2.24) is 0 Å². The SMILES string of the molecule is NC(COCCCc1ccccc1)C(=O)O. The summed E-state index contributed by atoms with van der Waals surface area (Å²) in [7, 11) is 0. The second kappa shape index (κ2) is 6.98. The summed E-state index contributed by atoms with van der Waals surface area (Å²) in [6, 6.07) is 9.17. The lowest BCUT2D eigenvalue weighted by molar-refractivity contribution is -0.140. The van der Waals surface area contributed by atoms with Gasteiger partial charge in [-0.1, -0.05) is 30.3 Å². The summed E-state index contributed by atoms with van der Waals surface area (Å²) in [6.45, 7) is 0.611. The van der Waals surface area contributed by atoms with Gasteiger partial charge in [0.2, 0.25) is 0 Å². The van der Waals surface area contributed by atoms with Crippen LogP contribution in [-0.2, 0) is 16.0 Å². The van der Waals surface area contributed by atoms with E-state index in [4.69, 9.17) is 15.6 Å². The predicted octanol–water partition coefficient (Wildman–Crippen LogP) is 1.05. The van der Waals surface area contributed by atoms with Crippen molar-refractivity contribution in [3.63, 3.8) is 0 Å². The molecule has 0 aliphatic rings. The zero-order valence-corrected chi connectivity index (χ0v) is 9.13. The van der Waals surface area contributed by atoms with E-state index in [1.807, 2.05) is 18.2 Å². The van der Waals surface area contributed by atoms with Crippen LogP contribution in [0.3, 0.4) is 0 Å². The number of nitrogens with two attached hydrogens (primary N) is 1. The molecule has 0 bridgehead atoms. The summed E-state index contributed by atoms with van der Waals surface area (Å²) in [6.07, 6.45) is 1.81. The van der Waals surface area contributed by atoms with Gasteiger partial charge in [0.1, 0.15) is 6.04 Å². The van der Waals surface area contributed by atoms with Crippen molar-refractivity contribution < 1.29 is 14.6 Å². The maximum Gasteiger partial charge on any atom is 0.322 e. The average molecular weight is 223 g/mol. The summed E-state index contributed by atoms with van der Waals surface area (Å²) in [4.78, 5) is 10.4. The molecule has 16 heavy (non-hydrogen) atoms. The molecule has 3 N–H and O–H groups in total. The zero-order chi connectivity index (χ0) is 11.8. The fourth-order valence-electron chi connectivity index (χ4n) is 1.30. The second-order valence-electron chi connectivity index (χ2n) is 3.61. The molecule has 1 aromatic carbocycles. The van der Waals surface area contributed by atoms with Crippen LogP contribution in [0.5, 0.6) is 0 Å². The minimum atomic E-state index is -1.02. The van der Waals surface area contributed by atoms with Crippen LogP contribution >= 0.6 is 0 Å². The number of carboxylic acid groups (broad SMARTS) is 1. The van der Waals surface area contributed by atoms with Crippen molar-refractivity contribution in [2.75, 3.05) is 13.2 Å². The van der Waals surface area contributed by atoms with Crippen LogP contribution in [0, 0.1) is 0 Å². The van der Waals surface area contributed by atoms with E-state index in [1.54, 1.807) is 0 Å². The zero-order valence-electron chi connectivity index (χ0n) is 9.13. The van der Waals surface area contributed by atoms with E-state index < -0.39 is 12.0 Å². The first kappa shape index (κ1) is 12.7. The molecule has 1 atom stereocenters. The lowest BCUT2D eigenvalue weighted by Gasteiger charge is -2.07. The summed E-state index contributed by atoms with van der Waals surface area (Å²) < 4.78 is 5.17. The number of ether oxygens (including phenoxy) is 1. The molecule has 4 nitrogen and oxygen atoms in total. The lowest BCUT2D eigenvalue weighted by Crippen LogP contribution is -2.35. The van der Waals surface area contributed by atoms with Gasteiger partial charge in [-0.3, -0.25) is 4.79 Å². The molecule has 4 heteroatoms. The lowest BCUT2D eigenvalue weighted by atomic mass is 10.1. The molecular weight excluding hydrogens is 206 g/mol. The van der Waals surface area contributed by atoms with Crippen LogP contribution in [-0.4, -0.2) is 30.3 Å². The molecule has 0 amide bonds. The Morgan fingerprint density at radius 2 is 2.06 bits per heavy atom. The molecule has 0 fully saturated rings. The predicted molar refractivity (Wildman–Crippen MR) is 61.2 cm³/mol. The fraction of sp³-hybridized carbons (Fsp3) is 0.417. The third-order valence-corrected chi connectivity index (χ3v) is 2.21. The molecule has 1 unspecified atom stereocenters. The van der Waals surface area contributed by atoms with Crippen LogP contribution in [0.4, 0.5) is 0 Å². The molecule has 0 aliphatic heterocycles. The number of carboxylic acids is 1. The molecule has 1 aromatic rings. The first-order valence-corrected chi connectivity index (χ1v) is 5.30. The van der Waals surface area contributed by atoms with Gasteiger partial charge in [-0.15, -0.1) is 0 Å². The highest BCUT2D eigenvalue weighted by molar-refractivity contribution is 5.73. The van der Waals surface area contributed by atoms with Gasteiger partial charge in [-0.2, -0.15) is 0 Å². The number of carbonyl (C=O) groups is 1. The Morgan fingerprint density at radius 3 is 2.69 bits per heavy atom. The molecule has 0 spiro atoms. The van der Waals surface area contributed by atoms with Crippen molar-refractivity contribution in [3.05, 3.63) is 35.9 Å². The maximum atomic E-state index is 10.4. The van der Waals surface area contributed by atoms with Crippen molar-refractivity contribution >= 4 is 5.97 Å². The van der Waals surface area contributed by atoms with E-state index in [-0.39, 0.29) is 6.61 Å². The van der Waals surface area contributed by atoms with E-state index in [0.717, 1.165) is 12.8 Å². The number of rotatable bonds is 7. The topological polar surface area (TPSA) is 72.5 Å². The Bertz CT molecular complexity index is 313. The van der Waals surface area contributed by atoms with Crippen LogP contribution < -0.4 is 5.73 Å². The summed E-state index contributed by atoms with van der Waals surface area (Å²) in [5, 5.41) is 8.51. The van der Waals surface area contributed by atoms with Crippen LogP contribution in [0.25, 0.3) is 0 Å². The van der Waals surface area contributed by atoms with Gasteiger partial charge in [0, 0.05) is 6.61 Å². The van der Waals surface area contributed by atoms with Gasteiger partial charge in [-0.25, -0.2) is 0 Å². The standard InChI is InChI=1S/C12H17NO3/c13-11(12(14)15)9-16-8-4-7-10-5-2-1-3-6-10/h1-3,5-6,11H,4,7-9,13H2,(H,14,15). The normalized spacial score (nSPS) is 12.3. The maximum absolute atomic E-state index is 10.4. The molecule has 0 aliphatic carbocycles. The van der Waals surface area contributed by atoms with E-state index in [9.17, 15) is 4.79 Å². The molecule has 0 heterocycles. The molecule has 0 saturated heterocycles. The highest BCUT2D eigenvalue weighted by Crippen LogP contribution is 2.02. The number of aliphatic carboxylic acids is 1. The molecule has 0 aromatic heterocycles. The van der Waals surface area contributed by atoms with Gasteiger partial charge in [-0.05, 0) is 18.4 Å². The fourth-order valence-corrected chi connectivity index (χ4v) is 1.30. The van der Waals surface area contributed by atoms with Crippen LogP contribution in [0.15, 0.2) is 30.3 Å². The Labute approximate surface area is 95.0 Å². The van der Waals surface area contributed by atoms with Crippen molar-refractivity contribution in [1.29, 1.82) is 0 Å². The highest BCUT2D eigenvalue weighted by atomic mass is 16.5. The Morgan fingerprint density at radius 1 is 1.38 bits per heavy atom. The number of benzene rings is 1. The number of hydrogen-bond donors (Lipinski definition) is 2. The molecule has 0 saturated carbocycles. The van der Waals surface area contributed by atoms with Crippen LogP contribution in [0.1, 0.15) is 12.0 Å². The summed E-state index contributed by atoms with van der Waals surface area (Å²) >= 11 is 0. The minimum Gasteiger partial charge on any atom is -0.480 e. The molecule has 0 radical (unpaired) electrons. The Kier molecular flexibility index (Phi) is 5.53. The van der Waals surface area contributed by atoms with Gasteiger partial charge in [0.15, 0.2) is 0 Å². The molecular formula is C12H17NO3. The second-order valence-corrected chi connectivity index (χ2v) is 3.61. The van der Waals surface area contributed by atoms with Crippen molar-refractivity contribution in [2.24, 2.45) is 5.73 Å². The number of aryl methyl sites for hydroxylation is 1. The largest absolute Gasteiger partial charge is 0.480 e. The van der Waals surface area contributed by atoms with Gasteiger partial charge in [0.05, 0.1) is 6.61 Å². The van der Waals surface area contributed by atoms with E-state index >= 15 is 0 Å². The minimum absolute atomic E-state index is 0.0735. The Balaban J connectivity index is 2.07. The van der Waals surface area contributed by atoms with Gasteiger partial charge in [0.25, 0.3) is 0 Å². The van der Waals surface area contributed by atoms with Gasteiger partial charge >= 0.3 is 5.97 Å². The smallest absolute Gasteiger partial charge is 0.322 e. The summed E-state index contributed by atoms with van der Waals surface area (Å²) in [5.74, 6) is -1.02. The summed E-state index contributed by atoms with van der Waals surface area (Å²) in [5.41, 5.74) is 6.54. The third-order valence-electron chi connectivity index (χ3n) is 2.21. The average Bonchev–Trinajstić information content (AvgIpc) is 2.29. The van der Waals surface area contributed by atoms with Crippen molar-refractivity contribution in [3.8, 4) is 0 Å². The quantitative estimate of drug-likeness (QED) is 0.678. The highest BCUT2D eigenvalue weighted by Gasteiger charge is 2.10. The first-order chi connectivity index (χ1) is 7.70. The first-order valence-electron chi connectivity index (χ1n) is 5.30. The number of hydrogen-bond acceptors (Lipinski definition) is 3. The van der Waals surface area contributed by atoms with E-state index in [1.165, 1.54) is 5.56 Å². The van der Waals surface area contributed by atoms with Crippen LogP contribution in [0.2, 0.25) is 0 Å².